The van der Waals surface area contributed by atoms with Crippen molar-refractivity contribution >= 4 is 49.2 Å². The number of ether oxygens (including phenoxy) is 2. The Labute approximate surface area is 290 Å². The van der Waals surface area contributed by atoms with Crippen LogP contribution in [-0.4, -0.2) is 69.0 Å². The SMILES string of the molecule is CC(C)(C)OC(=O)N[C@H]1CS(=O)(=O)c2ccc(C(=O)NNC(=O)C3(S(C)(=O)=O)CCC3)cc2N(Cc2ccc(Oc3ccccc3)cc2)C1=O. The van der Waals surface area contributed by atoms with E-state index >= 15 is 0 Å². The van der Waals surface area contributed by atoms with Crippen molar-refractivity contribution in [2.75, 3.05) is 16.9 Å². The Balaban J connectivity index is 1.46. The minimum absolute atomic E-state index is 0.110. The molecule has 50 heavy (non-hydrogen) atoms. The molecular formula is C34H38N4O10S2. The summed E-state index contributed by atoms with van der Waals surface area (Å²) in [6, 6.07) is 17.8. The van der Waals surface area contributed by atoms with Gasteiger partial charge in [-0.15, -0.1) is 0 Å². The highest BCUT2D eigenvalue weighted by atomic mass is 32.2. The van der Waals surface area contributed by atoms with Crippen LogP contribution >= 0.6 is 0 Å². The van der Waals surface area contributed by atoms with Crippen molar-refractivity contribution in [2.45, 2.75) is 67.9 Å². The second-order valence-corrected chi connectivity index (χ2v) is 17.5. The first-order valence-electron chi connectivity index (χ1n) is 15.7. The lowest BCUT2D eigenvalue weighted by molar-refractivity contribution is -0.126. The van der Waals surface area contributed by atoms with Gasteiger partial charge in [0.15, 0.2) is 24.4 Å². The largest absolute Gasteiger partial charge is 0.457 e. The molecule has 0 aromatic heterocycles. The molecule has 0 saturated heterocycles. The number of sulfone groups is 2. The first kappa shape index (κ1) is 36.3. The van der Waals surface area contributed by atoms with Gasteiger partial charge in [-0.25, -0.2) is 21.6 Å². The van der Waals surface area contributed by atoms with E-state index in [1.54, 1.807) is 57.2 Å². The number of carbonyl (C=O) groups is 4. The number of para-hydroxylation sites is 1. The third-order valence-electron chi connectivity index (χ3n) is 8.31. The molecule has 2 aliphatic rings. The van der Waals surface area contributed by atoms with Gasteiger partial charge in [0.05, 0.1) is 22.9 Å². The van der Waals surface area contributed by atoms with E-state index in [-0.39, 0.29) is 35.5 Å². The average molecular weight is 727 g/mol. The molecule has 266 valence electrons. The fourth-order valence-corrected chi connectivity index (χ4v) is 8.60. The van der Waals surface area contributed by atoms with E-state index in [9.17, 15) is 36.0 Å². The smallest absolute Gasteiger partial charge is 0.408 e. The Morgan fingerprint density at radius 3 is 2.16 bits per heavy atom. The van der Waals surface area contributed by atoms with E-state index in [2.05, 4.69) is 16.2 Å². The molecule has 1 heterocycles. The topological polar surface area (TPSA) is 194 Å². The van der Waals surface area contributed by atoms with E-state index in [4.69, 9.17) is 9.47 Å². The van der Waals surface area contributed by atoms with E-state index in [0.717, 1.165) is 17.2 Å². The Bertz CT molecular complexity index is 2020. The van der Waals surface area contributed by atoms with Crippen LogP contribution in [0.1, 0.15) is 56.0 Å². The first-order valence-corrected chi connectivity index (χ1v) is 19.2. The Hall–Kier alpha value is -4.96. The number of fused-ring (bicyclic) bond motifs is 1. The fraction of sp³-hybridized carbons (Fsp3) is 0.353. The van der Waals surface area contributed by atoms with Crippen molar-refractivity contribution in [1.82, 2.24) is 16.2 Å². The Morgan fingerprint density at radius 2 is 1.58 bits per heavy atom. The number of hydrazine groups is 1. The first-order chi connectivity index (χ1) is 23.4. The minimum atomic E-state index is -4.24. The number of hydrogen-bond donors (Lipinski definition) is 3. The molecule has 16 heteroatoms. The third-order valence-corrected chi connectivity index (χ3v) is 12.1. The molecule has 0 spiro atoms. The molecule has 14 nitrogen and oxygen atoms in total. The van der Waals surface area contributed by atoms with Crippen molar-refractivity contribution in [3.8, 4) is 11.5 Å². The second kappa shape index (κ2) is 13.7. The standard InChI is InChI=1S/C34H38N4O10S2/c1-33(2,3)48-32(42)35-26-21-50(45,46)28-16-13-23(29(39)36-37-31(41)34(17-8-18-34)49(4,43)44)19-27(28)38(30(26)40)20-22-11-14-25(15-12-22)47-24-9-6-5-7-10-24/h5-7,9-16,19,26H,8,17-18,20-21H2,1-4H3,(H,35,42)(H,36,39)(H,37,41)/t26-/m0/s1. The van der Waals surface area contributed by atoms with Gasteiger partial charge in [-0.2, -0.15) is 0 Å². The predicted molar refractivity (Wildman–Crippen MR) is 183 cm³/mol. The fourth-order valence-electron chi connectivity index (χ4n) is 5.57. The highest BCUT2D eigenvalue weighted by Crippen LogP contribution is 2.39. The molecule has 0 unspecified atom stereocenters. The van der Waals surface area contributed by atoms with Crippen molar-refractivity contribution < 1.29 is 45.5 Å². The van der Waals surface area contributed by atoms with Gasteiger partial charge in [0.2, 0.25) is 0 Å². The van der Waals surface area contributed by atoms with Gasteiger partial charge in [0, 0.05) is 11.8 Å². The Kier molecular flexibility index (Phi) is 9.99. The lowest BCUT2D eigenvalue weighted by Gasteiger charge is -2.37. The highest BCUT2D eigenvalue weighted by Gasteiger charge is 2.53. The van der Waals surface area contributed by atoms with E-state index in [1.165, 1.54) is 12.1 Å². The molecule has 0 radical (unpaired) electrons. The van der Waals surface area contributed by atoms with Crippen LogP contribution < -0.4 is 25.8 Å². The maximum Gasteiger partial charge on any atom is 0.408 e. The summed E-state index contributed by atoms with van der Waals surface area (Å²) in [7, 11) is -8.01. The number of benzene rings is 3. The molecule has 3 aromatic rings. The van der Waals surface area contributed by atoms with E-state index in [0.29, 0.717) is 23.5 Å². The van der Waals surface area contributed by atoms with Crippen LogP contribution in [-0.2, 0) is 40.5 Å². The summed E-state index contributed by atoms with van der Waals surface area (Å²) in [6.07, 6.45) is 0.720. The van der Waals surface area contributed by atoms with Crippen molar-refractivity contribution in [3.05, 3.63) is 83.9 Å². The summed E-state index contributed by atoms with van der Waals surface area (Å²) in [5.74, 6) is -2.22. The molecule has 1 aliphatic carbocycles. The van der Waals surface area contributed by atoms with Crippen LogP contribution in [0.3, 0.4) is 0 Å². The van der Waals surface area contributed by atoms with Crippen LogP contribution in [0, 0.1) is 0 Å². The zero-order valence-electron chi connectivity index (χ0n) is 27.9. The summed E-state index contributed by atoms with van der Waals surface area (Å²) in [5, 5.41) is 2.39. The van der Waals surface area contributed by atoms with Gasteiger partial charge in [-0.3, -0.25) is 25.2 Å². The van der Waals surface area contributed by atoms with Gasteiger partial charge in [0.1, 0.15) is 23.1 Å². The van der Waals surface area contributed by atoms with Crippen molar-refractivity contribution in [3.63, 3.8) is 0 Å². The molecule has 3 N–H and O–H groups in total. The number of hydrogen-bond acceptors (Lipinski definition) is 10. The molecule has 5 rings (SSSR count). The average Bonchev–Trinajstić information content (AvgIpc) is 3.07. The van der Waals surface area contributed by atoms with Gasteiger partial charge >= 0.3 is 6.09 Å². The number of nitrogens with zero attached hydrogens (tertiary/aromatic N) is 1. The second-order valence-electron chi connectivity index (χ2n) is 13.2. The van der Waals surface area contributed by atoms with Gasteiger partial charge in [-0.1, -0.05) is 30.3 Å². The molecule has 1 saturated carbocycles. The number of amides is 4. The molecule has 1 aliphatic heterocycles. The lowest BCUT2D eigenvalue weighted by atomic mass is 9.83. The van der Waals surface area contributed by atoms with Crippen LogP contribution in [0.15, 0.2) is 77.7 Å². The summed E-state index contributed by atoms with van der Waals surface area (Å²) in [6.45, 7) is 4.69. The predicted octanol–water partition coefficient (Wildman–Crippen LogP) is 3.42. The molecule has 4 amide bonds. The van der Waals surface area contributed by atoms with Crippen molar-refractivity contribution in [1.29, 1.82) is 0 Å². The van der Waals surface area contributed by atoms with Crippen LogP contribution in [0.25, 0.3) is 0 Å². The van der Waals surface area contributed by atoms with Gasteiger partial charge in [0.25, 0.3) is 17.7 Å². The summed E-state index contributed by atoms with van der Waals surface area (Å²) < 4.78 is 61.5. The molecular weight excluding hydrogens is 689 g/mol. The lowest BCUT2D eigenvalue weighted by Crippen LogP contribution is -2.60. The van der Waals surface area contributed by atoms with Crippen molar-refractivity contribution in [2.24, 2.45) is 0 Å². The molecule has 3 aromatic carbocycles. The third kappa shape index (κ3) is 7.91. The summed E-state index contributed by atoms with van der Waals surface area (Å²) in [4.78, 5) is 53.8. The Morgan fingerprint density at radius 1 is 0.940 bits per heavy atom. The zero-order chi connectivity index (χ0) is 36.5. The maximum atomic E-state index is 14.1. The normalized spacial score (nSPS) is 18.0. The monoisotopic (exact) mass is 726 g/mol. The van der Waals surface area contributed by atoms with E-state index in [1.807, 2.05) is 18.2 Å². The quantitative estimate of drug-likeness (QED) is 0.290. The number of anilines is 1. The van der Waals surface area contributed by atoms with Gasteiger partial charge < -0.3 is 19.7 Å². The maximum absolute atomic E-state index is 14.1. The molecule has 0 bridgehead atoms. The number of carbonyl (C=O) groups excluding carboxylic acids is 4. The van der Waals surface area contributed by atoms with E-state index < -0.39 is 65.6 Å². The zero-order valence-corrected chi connectivity index (χ0v) is 29.5. The minimum Gasteiger partial charge on any atom is -0.457 e. The number of alkyl carbamates (subject to hydrolysis) is 1. The van der Waals surface area contributed by atoms with Gasteiger partial charge in [-0.05, 0) is 88.1 Å². The summed E-state index contributed by atoms with van der Waals surface area (Å²) >= 11 is 0. The van der Waals surface area contributed by atoms with Crippen LogP contribution in [0.5, 0.6) is 11.5 Å². The molecule has 1 fully saturated rings. The van der Waals surface area contributed by atoms with Crippen LogP contribution in [0.2, 0.25) is 0 Å². The number of nitrogens with one attached hydrogen (secondary N) is 3. The molecule has 1 atom stereocenters. The highest BCUT2D eigenvalue weighted by molar-refractivity contribution is 7.93. The number of rotatable bonds is 8. The summed E-state index contributed by atoms with van der Waals surface area (Å²) in [5.41, 5.74) is 3.74. The van der Waals surface area contributed by atoms with Crippen LogP contribution in [0.4, 0.5) is 10.5 Å².